The summed E-state index contributed by atoms with van der Waals surface area (Å²) in [4.78, 5) is 15.6. The molecule has 0 aromatic carbocycles. The van der Waals surface area contributed by atoms with Crippen LogP contribution in [0, 0.1) is 0 Å². The predicted molar refractivity (Wildman–Crippen MR) is 40.2 cm³/mol. The molecule has 0 aromatic heterocycles. The Morgan fingerprint density at radius 1 is 1.25 bits per heavy atom. The molecule has 1 aliphatic heterocycles. The zero-order chi connectivity index (χ0) is 7.82. The van der Waals surface area contributed by atoms with Crippen molar-refractivity contribution in [3.05, 3.63) is 0 Å². The van der Waals surface area contributed by atoms with E-state index in [2.05, 4.69) is 5.32 Å². The van der Waals surface area contributed by atoms with Crippen molar-refractivity contribution in [2.24, 2.45) is 0 Å². The monoisotopic (exact) mass is 222 g/mol. The molecule has 5 nitrogen and oxygen atoms in total. The van der Waals surface area contributed by atoms with E-state index in [0.29, 0.717) is 0 Å². The molecular weight excluding hydrogens is 208 g/mol. The smallest absolute Gasteiger partial charge is 0.567 e. The Morgan fingerprint density at radius 3 is 1.67 bits per heavy atom. The number of rotatable bonds is 0. The van der Waals surface area contributed by atoms with Gasteiger partial charge in [-0.25, -0.2) is 0 Å². The molecule has 0 radical (unpaired) electrons. The van der Waals surface area contributed by atoms with Crippen molar-refractivity contribution >= 4 is 8.25 Å². The molecule has 1 heterocycles. The zero-order valence-electron chi connectivity index (χ0n) is 7.25. The largest absolute Gasteiger partial charge is 1.00 e. The van der Waals surface area contributed by atoms with Crippen LogP contribution in [0.3, 0.4) is 0 Å². The molecule has 1 unspecified atom stereocenters. The summed E-state index contributed by atoms with van der Waals surface area (Å²) in [5, 5.41) is 3.28. The second-order valence-electron chi connectivity index (χ2n) is 2.05. The quantitative estimate of drug-likeness (QED) is 0.321. The van der Waals surface area contributed by atoms with E-state index in [1.807, 2.05) is 0 Å². The third kappa shape index (κ3) is 22.6. The van der Waals surface area contributed by atoms with Crippen molar-refractivity contribution in [1.82, 2.24) is 5.32 Å². The van der Waals surface area contributed by atoms with Gasteiger partial charge in [0, 0.05) is 0 Å². The fourth-order valence-electron chi connectivity index (χ4n) is 0.802. The summed E-state index contributed by atoms with van der Waals surface area (Å²) in [5.74, 6) is 0. The normalized spacial score (nSPS) is 15.7. The van der Waals surface area contributed by atoms with Crippen LogP contribution >= 0.6 is 8.25 Å². The fraction of sp³-hybridized carbons (Fsp3) is 1.00. The van der Waals surface area contributed by atoms with Crippen LogP contribution < -0.4 is 61.6 Å². The van der Waals surface area contributed by atoms with Gasteiger partial charge >= 0.3 is 59.6 Å². The summed E-state index contributed by atoms with van der Waals surface area (Å²) in [6, 6.07) is 0. The first kappa shape index (κ1) is 19.2. The van der Waals surface area contributed by atoms with Gasteiger partial charge in [-0.2, -0.15) is 4.89 Å². The molecule has 4 N–H and O–H groups in total. The molecule has 1 atom stereocenters. The van der Waals surface area contributed by atoms with Crippen molar-refractivity contribution in [1.29, 1.82) is 0 Å². The summed E-state index contributed by atoms with van der Waals surface area (Å²) >= 11 is 0. The molecule has 1 saturated heterocycles. The summed E-state index contributed by atoms with van der Waals surface area (Å²) < 4.78 is 8.59. The zero-order valence-corrected chi connectivity index (χ0v) is 11.3. The average molecular weight is 222 g/mol. The topological polar surface area (TPSA) is 104 Å². The van der Waals surface area contributed by atoms with E-state index in [4.69, 9.17) is 14.4 Å². The molecule has 0 saturated carbocycles. The molecule has 0 aromatic rings. The van der Waals surface area contributed by atoms with Crippen LogP contribution in [0.25, 0.3) is 0 Å². The Kier molecular flexibility index (Phi) is 24.1. The van der Waals surface area contributed by atoms with Gasteiger partial charge in [0.25, 0.3) is 0 Å². The maximum absolute atomic E-state index is 8.59. The molecule has 0 bridgehead atoms. The van der Waals surface area contributed by atoms with Gasteiger partial charge in [-0.3, -0.25) is 0 Å². The van der Waals surface area contributed by atoms with Gasteiger partial charge in [-0.15, -0.1) is 0 Å². The van der Waals surface area contributed by atoms with Crippen LogP contribution in [0.15, 0.2) is 0 Å². The number of nitrogens with one attached hydrogen (secondary N) is 1. The Balaban J connectivity index is -0.000000124. The van der Waals surface area contributed by atoms with Crippen LogP contribution in [0.5, 0.6) is 0 Å². The maximum atomic E-state index is 8.59. The van der Waals surface area contributed by atoms with Crippen LogP contribution in [0.4, 0.5) is 0 Å². The van der Waals surface area contributed by atoms with Gasteiger partial charge in [0.1, 0.15) is 0 Å². The minimum absolute atomic E-state index is 0. The van der Waals surface area contributed by atoms with Crippen LogP contribution in [0.2, 0.25) is 0 Å². The van der Waals surface area contributed by atoms with E-state index >= 15 is 0 Å². The predicted octanol–water partition coefficient (Wildman–Crippen LogP) is -4.06. The van der Waals surface area contributed by atoms with Crippen LogP contribution in [-0.2, 0) is 4.57 Å². The molecule has 0 amide bonds. The molecule has 1 rings (SSSR count). The third-order valence-corrected chi connectivity index (χ3v) is 1.21. The maximum Gasteiger partial charge on any atom is 1.00 e. The fourth-order valence-corrected chi connectivity index (χ4v) is 0.802. The number of piperidine rings is 1. The Labute approximate surface area is 116 Å². The van der Waals surface area contributed by atoms with E-state index in [-0.39, 0.29) is 56.9 Å². The van der Waals surface area contributed by atoms with E-state index in [1.165, 1.54) is 32.4 Å². The summed E-state index contributed by atoms with van der Waals surface area (Å²) in [6.45, 7) is 2.50. The van der Waals surface area contributed by atoms with Crippen molar-refractivity contribution < 1.29 is 71.2 Å². The summed E-state index contributed by atoms with van der Waals surface area (Å²) in [7, 11) is -3.12. The first-order valence-electron chi connectivity index (χ1n) is 3.27. The van der Waals surface area contributed by atoms with Gasteiger partial charge < -0.3 is 15.7 Å². The summed E-state index contributed by atoms with van der Waals surface area (Å²) in [6.07, 6.45) is 4.22. The summed E-state index contributed by atoms with van der Waals surface area (Å²) in [5.41, 5.74) is 0. The van der Waals surface area contributed by atoms with E-state index in [9.17, 15) is 0 Å². The van der Waals surface area contributed by atoms with E-state index < -0.39 is 8.25 Å². The van der Waals surface area contributed by atoms with Gasteiger partial charge in [-0.1, -0.05) is 6.42 Å². The Bertz CT molecular complexity index is 85.9. The van der Waals surface area contributed by atoms with Crippen LogP contribution in [0.1, 0.15) is 19.3 Å². The first-order valence-corrected chi connectivity index (χ1v) is 4.40. The van der Waals surface area contributed by atoms with Crippen molar-refractivity contribution in [2.75, 3.05) is 13.1 Å². The molecule has 0 aliphatic carbocycles. The molecule has 1 aliphatic rings. The van der Waals surface area contributed by atoms with Crippen LogP contribution in [-0.4, -0.2) is 23.5 Å². The second kappa shape index (κ2) is 15.1. The van der Waals surface area contributed by atoms with Gasteiger partial charge in [0.15, 0.2) is 0 Å². The molecule has 12 heavy (non-hydrogen) atoms. The molecule has 68 valence electrons. The number of hydrogen-bond acceptors (Lipinski definition) is 3. The van der Waals surface area contributed by atoms with Crippen molar-refractivity contribution in [3.63, 3.8) is 0 Å². The SMILES string of the molecule is C1CCNCC1.O.O=[P+]([O-])O.[K+]. The second-order valence-corrected chi connectivity index (χ2v) is 2.52. The van der Waals surface area contributed by atoms with Gasteiger partial charge in [0.2, 0.25) is 0 Å². The minimum atomic E-state index is -3.12. The molecule has 1 fully saturated rings. The third-order valence-electron chi connectivity index (χ3n) is 1.21. The molecule has 0 spiro atoms. The molecule has 7 heteroatoms. The van der Waals surface area contributed by atoms with E-state index in [0.717, 1.165) is 0 Å². The van der Waals surface area contributed by atoms with Crippen molar-refractivity contribution in [3.8, 4) is 0 Å². The van der Waals surface area contributed by atoms with Gasteiger partial charge in [-0.05, 0) is 30.5 Å². The minimum Gasteiger partial charge on any atom is -0.567 e. The van der Waals surface area contributed by atoms with Gasteiger partial charge in [0.05, 0.1) is 0 Å². The number of hydrogen-bond donors (Lipinski definition) is 2. The Morgan fingerprint density at radius 2 is 1.58 bits per heavy atom. The van der Waals surface area contributed by atoms with Crippen molar-refractivity contribution in [2.45, 2.75) is 19.3 Å². The first-order chi connectivity index (χ1) is 4.73. The molecular formula is C5H14KNO4P+. The average Bonchev–Trinajstić information content (AvgIpc) is 1.90. The standard InChI is InChI=1S/C5H11N.K.HO3P.H2O/c1-2-4-6-5-3-1;;1-4(2)3;/h6H,1-5H2;;(H,1,2,3);1H2/q;+1;;. The van der Waals surface area contributed by atoms with E-state index in [1.54, 1.807) is 0 Å². The Hall–Kier alpha value is 1.58.